The van der Waals surface area contributed by atoms with Crippen LogP contribution >= 0.6 is 0 Å². The number of aryl methyl sites for hydroxylation is 1. The van der Waals surface area contributed by atoms with Crippen molar-refractivity contribution < 1.29 is 4.79 Å². The Morgan fingerprint density at radius 2 is 1.96 bits per heavy atom. The second-order valence-corrected chi connectivity index (χ2v) is 6.91. The van der Waals surface area contributed by atoms with Crippen molar-refractivity contribution in [1.82, 2.24) is 24.8 Å². The maximum atomic E-state index is 12.9. The van der Waals surface area contributed by atoms with E-state index in [9.17, 15) is 4.79 Å². The van der Waals surface area contributed by atoms with Gasteiger partial charge in [0.05, 0.1) is 18.6 Å². The quantitative estimate of drug-likeness (QED) is 0.774. The molecule has 7 nitrogen and oxygen atoms in total. The van der Waals surface area contributed by atoms with Crippen LogP contribution in [0.2, 0.25) is 0 Å². The van der Waals surface area contributed by atoms with Crippen molar-refractivity contribution in [3.8, 4) is 11.4 Å². The highest BCUT2D eigenvalue weighted by molar-refractivity contribution is 5.93. The summed E-state index contributed by atoms with van der Waals surface area (Å²) in [5, 5.41) is 0. The fraction of sp³-hybridized carbons (Fsp3) is 0.300. The van der Waals surface area contributed by atoms with Gasteiger partial charge in [-0.15, -0.1) is 0 Å². The number of amides is 1. The Morgan fingerprint density at radius 3 is 2.63 bits per heavy atom. The SMILES string of the molecule is Cc1[nH]cnc1C(=O)N1CCc2c(nc(-c3ccccc3)nc2N(C)C)C1. The topological polar surface area (TPSA) is 78.0 Å². The lowest BCUT2D eigenvalue weighted by atomic mass is 10.0. The van der Waals surface area contributed by atoms with E-state index < -0.39 is 0 Å². The van der Waals surface area contributed by atoms with Crippen LogP contribution in [-0.2, 0) is 13.0 Å². The molecule has 0 bridgehead atoms. The lowest BCUT2D eigenvalue weighted by Crippen LogP contribution is -2.38. The largest absolute Gasteiger partial charge is 0.362 e. The Hall–Kier alpha value is -3.22. The van der Waals surface area contributed by atoms with Gasteiger partial charge in [0.25, 0.3) is 5.91 Å². The third kappa shape index (κ3) is 3.16. The van der Waals surface area contributed by atoms with Gasteiger partial charge in [0.1, 0.15) is 11.5 Å². The summed E-state index contributed by atoms with van der Waals surface area (Å²) in [5.74, 6) is 1.54. The summed E-state index contributed by atoms with van der Waals surface area (Å²) >= 11 is 0. The lowest BCUT2D eigenvalue weighted by Gasteiger charge is -2.30. The van der Waals surface area contributed by atoms with E-state index in [4.69, 9.17) is 9.97 Å². The Balaban J connectivity index is 1.72. The maximum Gasteiger partial charge on any atom is 0.274 e. The van der Waals surface area contributed by atoms with Crippen LogP contribution in [0.1, 0.15) is 27.4 Å². The van der Waals surface area contributed by atoms with Gasteiger partial charge in [0.2, 0.25) is 0 Å². The highest BCUT2D eigenvalue weighted by Gasteiger charge is 2.28. The molecule has 7 heteroatoms. The van der Waals surface area contributed by atoms with E-state index in [1.54, 1.807) is 6.33 Å². The van der Waals surface area contributed by atoms with Gasteiger partial charge in [-0.1, -0.05) is 30.3 Å². The van der Waals surface area contributed by atoms with Gasteiger partial charge in [-0.3, -0.25) is 4.79 Å². The molecule has 27 heavy (non-hydrogen) atoms. The number of H-pyrrole nitrogens is 1. The average Bonchev–Trinajstić information content (AvgIpc) is 3.12. The molecule has 1 amide bonds. The molecule has 0 radical (unpaired) electrons. The molecule has 0 atom stereocenters. The van der Waals surface area contributed by atoms with Gasteiger partial charge in [-0.2, -0.15) is 0 Å². The number of anilines is 1. The fourth-order valence-corrected chi connectivity index (χ4v) is 3.39. The minimum absolute atomic E-state index is 0.0642. The zero-order valence-corrected chi connectivity index (χ0v) is 15.7. The van der Waals surface area contributed by atoms with E-state index in [2.05, 4.69) is 9.97 Å². The number of fused-ring (bicyclic) bond motifs is 1. The number of carbonyl (C=O) groups is 1. The van der Waals surface area contributed by atoms with E-state index in [0.717, 1.165) is 34.8 Å². The maximum absolute atomic E-state index is 12.9. The molecule has 3 heterocycles. The summed E-state index contributed by atoms with van der Waals surface area (Å²) in [4.78, 5) is 33.4. The molecular weight excluding hydrogens is 340 g/mol. The van der Waals surface area contributed by atoms with Crippen molar-refractivity contribution in [2.75, 3.05) is 25.5 Å². The molecule has 1 aliphatic rings. The van der Waals surface area contributed by atoms with Crippen molar-refractivity contribution in [3.63, 3.8) is 0 Å². The number of rotatable bonds is 3. The Morgan fingerprint density at radius 1 is 1.19 bits per heavy atom. The first kappa shape index (κ1) is 17.2. The van der Waals surface area contributed by atoms with Crippen molar-refractivity contribution in [2.24, 2.45) is 0 Å². The molecule has 0 spiro atoms. The third-order valence-electron chi connectivity index (χ3n) is 4.82. The predicted molar refractivity (Wildman–Crippen MR) is 104 cm³/mol. The van der Waals surface area contributed by atoms with Gasteiger partial charge in [-0.25, -0.2) is 15.0 Å². The monoisotopic (exact) mass is 362 g/mol. The lowest BCUT2D eigenvalue weighted by molar-refractivity contribution is 0.0725. The highest BCUT2D eigenvalue weighted by Crippen LogP contribution is 2.29. The van der Waals surface area contributed by atoms with Crippen molar-refractivity contribution in [1.29, 1.82) is 0 Å². The van der Waals surface area contributed by atoms with Crippen molar-refractivity contribution in [3.05, 3.63) is 59.3 Å². The second-order valence-electron chi connectivity index (χ2n) is 6.91. The molecule has 138 valence electrons. The van der Waals surface area contributed by atoms with Crippen LogP contribution in [0.25, 0.3) is 11.4 Å². The number of aromatic amines is 1. The molecule has 4 rings (SSSR count). The second kappa shape index (κ2) is 6.83. The predicted octanol–water partition coefficient (Wildman–Crippen LogP) is 2.44. The van der Waals surface area contributed by atoms with Gasteiger partial charge in [-0.05, 0) is 13.3 Å². The number of nitrogens with zero attached hydrogens (tertiary/aromatic N) is 5. The molecule has 1 N–H and O–H groups in total. The van der Waals surface area contributed by atoms with E-state index in [-0.39, 0.29) is 5.91 Å². The standard InChI is InChI=1S/C20H22N6O/c1-13-17(22-12-21-13)20(27)26-10-9-15-16(11-26)23-18(24-19(15)25(2)3)14-7-5-4-6-8-14/h4-8,12H,9-11H2,1-3H3,(H,21,22). The van der Waals surface area contributed by atoms with Crippen LogP contribution in [0.3, 0.4) is 0 Å². The first-order chi connectivity index (χ1) is 13.0. The van der Waals surface area contributed by atoms with E-state index >= 15 is 0 Å². The molecule has 0 saturated heterocycles. The molecule has 2 aromatic heterocycles. The summed E-state index contributed by atoms with van der Waals surface area (Å²) in [6.45, 7) is 2.95. The number of hydrogen-bond donors (Lipinski definition) is 1. The number of benzene rings is 1. The van der Waals surface area contributed by atoms with E-state index in [1.807, 2.05) is 61.2 Å². The average molecular weight is 362 g/mol. The molecule has 1 aliphatic heterocycles. The molecule has 1 aromatic carbocycles. The fourth-order valence-electron chi connectivity index (χ4n) is 3.39. The molecule has 0 saturated carbocycles. The van der Waals surface area contributed by atoms with Crippen LogP contribution < -0.4 is 4.90 Å². The van der Waals surface area contributed by atoms with Gasteiger partial charge < -0.3 is 14.8 Å². The zero-order valence-electron chi connectivity index (χ0n) is 15.7. The van der Waals surface area contributed by atoms with Crippen LogP contribution in [0.15, 0.2) is 36.7 Å². The number of hydrogen-bond acceptors (Lipinski definition) is 5. The normalized spacial score (nSPS) is 13.4. The van der Waals surface area contributed by atoms with Gasteiger partial charge in [0.15, 0.2) is 5.82 Å². The van der Waals surface area contributed by atoms with Crippen LogP contribution in [0.4, 0.5) is 5.82 Å². The Labute approximate surface area is 158 Å². The summed E-state index contributed by atoms with van der Waals surface area (Å²) in [7, 11) is 3.98. The molecule has 0 unspecified atom stereocenters. The first-order valence-electron chi connectivity index (χ1n) is 8.96. The van der Waals surface area contributed by atoms with E-state index in [0.29, 0.717) is 24.6 Å². The highest BCUT2D eigenvalue weighted by atomic mass is 16.2. The molecule has 0 aliphatic carbocycles. The Bertz CT molecular complexity index is 979. The number of nitrogens with one attached hydrogen (secondary N) is 1. The summed E-state index contributed by atoms with van der Waals surface area (Å²) < 4.78 is 0. The minimum atomic E-state index is -0.0642. The summed E-state index contributed by atoms with van der Waals surface area (Å²) in [5.41, 5.74) is 4.24. The smallest absolute Gasteiger partial charge is 0.274 e. The number of imidazole rings is 1. The van der Waals surface area contributed by atoms with Crippen LogP contribution in [-0.4, -0.2) is 51.4 Å². The third-order valence-corrected chi connectivity index (χ3v) is 4.82. The zero-order chi connectivity index (χ0) is 19.0. The Kier molecular flexibility index (Phi) is 4.35. The van der Waals surface area contributed by atoms with Crippen LogP contribution in [0.5, 0.6) is 0 Å². The van der Waals surface area contributed by atoms with Crippen molar-refractivity contribution in [2.45, 2.75) is 19.9 Å². The number of aromatic nitrogens is 4. The summed E-state index contributed by atoms with van der Waals surface area (Å²) in [6, 6.07) is 9.93. The first-order valence-corrected chi connectivity index (χ1v) is 8.96. The number of carbonyl (C=O) groups excluding carboxylic acids is 1. The minimum Gasteiger partial charge on any atom is -0.362 e. The molecular formula is C20H22N6O. The molecule has 3 aromatic rings. The van der Waals surface area contributed by atoms with Gasteiger partial charge >= 0.3 is 0 Å². The molecule has 0 fully saturated rings. The van der Waals surface area contributed by atoms with E-state index in [1.165, 1.54) is 0 Å². The summed E-state index contributed by atoms with van der Waals surface area (Å²) in [6.07, 6.45) is 2.29. The van der Waals surface area contributed by atoms with Crippen molar-refractivity contribution >= 4 is 11.7 Å². The van der Waals surface area contributed by atoms with Crippen LogP contribution in [0, 0.1) is 6.92 Å². The van der Waals surface area contributed by atoms with Gasteiger partial charge in [0, 0.05) is 37.5 Å².